The molecule has 0 saturated heterocycles. The summed E-state index contributed by atoms with van der Waals surface area (Å²) in [4.78, 5) is 9.93. The molecule has 0 aromatic rings. The van der Waals surface area contributed by atoms with Gasteiger partial charge in [-0.05, 0) is 6.92 Å². The van der Waals surface area contributed by atoms with Gasteiger partial charge in [0.15, 0.2) is 0 Å². The molecule has 0 heterocycles. The number of rotatable bonds is 2. The van der Waals surface area contributed by atoms with Gasteiger partial charge in [0.1, 0.15) is 6.04 Å². The summed E-state index contributed by atoms with van der Waals surface area (Å²) in [6, 6.07) is -0.948. The largest absolute Gasteiger partial charge is 0.480 e. The Morgan fingerprint density at radius 3 is 2.11 bits per heavy atom. The lowest BCUT2D eigenvalue weighted by Gasteiger charge is -2.05. The van der Waals surface area contributed by atoms with Crippen molar-refractivity contribution in [3.8, 4) is 0 Å². The van der Waals surface area contributed by atoms with Crippen LogP contribution in [-0.2, 0) is 4.79 Å². The van der Waals surface area contributed by atoms with Crippen LogP contribution in [0.2, 0.25) is 0 Å². The maximum atomic E-state index is 9.93. The van der Waals surface area contributed by atoms with E-state index in [4.69, 9.17) is 22.4 Å². The molecular formula is C4H9Cl2NO2. The van der Waals surface area contributed by atoms with Gasteiger partial charge >= 0.3 is 5.97 Å². The van der Waals surface area contributed by atoms with E-state index in [9.17, 15) is 4.79 Å². The van der Waals surface area contributed by atoms with Crippen molar-refractivity contribution in [1.82, 2.24) is 0 Å². The molecule has 3 N–H and O–H groups in total. The molecule has 0 aliphatic carbocycles. The van der Waals surface area contributed by atoms with Crippen LogP contribution < -0.4 is 5.73 Å². The number of carboxylic acids is 1. The first-order valence-electron chi connectivity index (χ1n) is 2.18. The zero-order chi connectivity index (χ0) is 6.73. The van der Waals surface area contributed by atoms with Crippen LogP contribution >= 0.6 is 24.0 Å². The number of alkyl halides is 1. The van der Waals surface area contributed by atoms with Crippen molar-refractivity contribution in [1.29, 1.82) is 0 Å². The summed E-state index contributed by atoms with van der Waals surface area (Å²) in [6.45, 7) is 1.54. The molecule has 0 amide bonds. The van der Waals surface area contributed by atoms with Crippen LogP contribution in [0, 0.1) is 0 Å². The third-order valence-electron chi connectivity index (χ3n) is 0.780. The third kappa shape index (κ3) is 4.51. The van der Waals surface area contributed by atoms with Crippen molar-refractivity contribution < 1.29 is 9.90 Å². The van der Waals surface area contributed by atoms with E-state index in [1.165, 1.54) is 0 Å². The number of aliphatic carboxylic acids is 1. The van der Waals surface area contributed by atoms with Crippen LogP contribution in [-0.4, -0.2) is 22.5 Å². The van der Waals surface area contributed by atoms with E-state index in [0.29, 0.717) is 0 Å². The zero-order valence-corrected chi connectivity index (χ0v) is 6.45. The first kappa shape index (κ1) is 11.8. The van der Waals surface area contributed by atoms with Crippen LogP contribution in [0.25, 0.3) is 0 Å². The molecule has 0 bridgehead atoms. The lowest BCUT2D eigenvalue weighted by molar-refractivity contribution is -0.138. The molecule has 0 aliphatic rings. The fourth-order valence-corrected chi connectivity index (χ4v) is 0.304. The van der Waals surface area contributed by atoms with Crippen molar-refractivity contribution in [3.05, 3.63) is 0 Å². The molecule has 0 saturated carbocycles. The van der Waals surface area contributed by atoms with Gasteiger partial charge < -0.3 is 10.8 Å². The first-order valence-corrected chi connectivity index (χ1v) is 2.62. The summed E-state index contributed by atoms with van der Waals surface area (Å²) >= 11 is 5.32. The lowest BCUT2D eigenvalue weighted by Crippen LogP contribution is -2.37. The Morgan fingerprint density at radius 2 is 2.11 bits per heavy atom. The molecule has 0 unspecified atom stereocenters. The summed E-state index contributed by atoms with van der Waals surface area (Å²) < 4.78 is 0. The fraction of sp³-hybridized carbons (Fsp3) is 0.750. The Hall–Kier alpha value is 0.01000. The van der Waals surface area contributed by atoms with Crippen molar-refractivity contribution >= 4 is 30.0 Å². The molecule has 9 heavy (non-hydrogen) atoms. The molecular weight excluding hydrogens is 165 g/mol. The molecule has 56 valence electrons. The maximum absolute atomic E-state index is 9.93. The van der Waals surface area contributed by atoms with Gasteiger partial charge in [-0.2, -0.15) is 0 Å². The van der Waals surface area contributed by atoms with Crippen LogP contribution in [0.4, 0.5) is 0 Å². The Morgan fingerprint density at radius 1 is 1.78 bits per heavy atom. The highest BCUT2D eigenvalue weighted by Gasteiger charge is 2.16. The summed E-state index contributed by atoms with van der Waals surface area (Å²) in [5, 5.41) is 7.64. The number of carbonyl (C=O) groups is 1. The second-order valence-corrected chi connectivity index (χ2v) is 2.23. The van der Waals surface area contributed by atoms with Gasteiger partial charge in [0, 0.05) is 0 Å². The molecule has 3 nitrogen and oxygen atoms in total. The predicted octanol–water partition coefficient (Wildman–Crippen LogP) is 0.447. The molecule has 0 radical (unpaired) electrons. The minimum atomic E-state index is -1.06. The average molecular weight is 174 g/mol. The molecule has 0 aromatic carbocycles. The Kier molecular flexibility index (Phi) is 6.34. The highest BCUT2D eigenvalue weighted by atomic mass is 35.5. The van der Waals surface area contributed by atoms with Crippen LogP contribution in [0.3, 0.4) is 0 Å². The molecule has 0 rings (SSSR count). The number of hydrogen-bond acceptors (Lipinski definition) is 2. The number of nitrogens with two attached hydrogens (primary N) is 1. The SMILES string of the molecule is C[C@@H](Cl)[C@@H](N)C(=O)O.Cl. The summed E-state index contributed by atoms with van der Waals surface area (Å²) in [5.41, 5.74) is 5.03. The highest BCUT2D eigenvalue weighted by Crippen LogP contribution is 1.97. The maximum Gasteiger partial charge on any atom is 0.322 e. The fourth-order valence-electron chi connectivity index (χ4n) is 0.196. The molecule has 0 aliphatic heterocycles. The number of hydrogen-bond donors (Lipinski definition) is 2. The first-order chi connectivity index (χ1) is 3.55. The minimum Gasteiger partial charge on any atom is -0.480 e. The van der Waals surface area contributed by atoms with Crippen LogP contribution in [0.5, 0.6) is 0 Å². The highest BCUT2D eigenvalue weighted by molar-refractivity contribution is 6.22. The molecule has 0 spiro atoms. The van der Waals surface area contributed by atoms with Crippen LogP contribution in [0.15, 0.2) is 0 Å². The van der Waals surface area contributed by atoms with Gasteiger partial charge in [0.05, 0.1) is 5.38 Å². The quantitative estimate of drug-likeness (QED) is 0.597. The second kappa shape index (κ2) is 4.85. The summed E-state index contributed by atoms with van der Waals surface area (Å²) in [5.74, 6) is -1.06. The second-order valence-electron chi connectivity index (χ2n) is 1.54. The van der Waals surface area contributed by atoms with E-state index in [1.54, 1.807) is 6.92 Å². The smallest absolute Gasteiger partial charge is 0.322 e. The molecule has 0 aromatic heterocycles. The summed E-state index contributed by atoms with van der Waals surface area (Å²) in [7, 11) is 0. The van der Waals surface area contributed by atoms with E-state index >= 15 is 0 Å². The topological polar surface area (TPSA) is 63.3 Å². The Bertz CT molecular complexity index is 96.6. The van der Waals surface area contributed by atoms with Gasteiger partial charge in [-0.3, -0.25) is 4.79 Å². The Labute approximate surface area is 64.6 Å². The standard InChI is InChI=1S/C4H8ClNO2.ClH/c1-2(5)3(6)4(7)8;/h2-3H,6H2,1H3,(H,7,8);1H/t2-,3-;/m1./s1. The number of carboxylic acid groups (broad SMARTS) is 1. The van der Waals surface area contributed by atoms with E-state index in [-0.39, 0.29) is 12.4 Å². The van der Waals surface area contributed by atoms with Crippen molar-refractivity contribution in [3.63, 3.8) is 0 Å². The third-order valence-corrected chi connectivity index (χ3v) is 1.05. The molecule has 0 fully saturated rings. The van der Waals surface area contributed by atoms with Gasteiger partial charge in [-0.1, -0.05) is 0 Å². The van der Waals surface area contributed by atoms with E-state index in [0.717, 1.165) is 0 Å². The van der Waals surface area contributed by atoms with Crippen LogP contribution in [0.1, 0.15) is 6.92 Å². The Balaban J connectivity index is 0. The van der Waals surface area contributed by atoms with Gasteiger partial charge in [-0.15, -0.1) is 24.0 Å². The number of halogens is 2. The monoisotopic (exact) mass is 173 g/mol. The summed E-state index contributed by atoms with van der Waals surface area (Å²) in [6.07, 6.45) is 0. The van der Waals surface area contributed by atoms with Crippen molar-refractivity contribution in [2.45, 2.75) is 18.3 Å². The van der Waals surface area contributed by atoms with Gasteiger partial charge in [0.2, 0.25) is 0 Å². The molecule has 2 atom stereocenters. The van der Waals surface area contributed by atoms with Gasteiger partial charge in [-0.25, -0.2) is 0 Å². The van der Waals surface area contributed by atoms with Crippen molar-refractivity contribution in [2.75, 3.05) is 0 Å². The van der Waals surface area contributed by atoms with E-state index < -0.39 is 17.4 Å². The average Bonchev–Trinajstić information content (AvgIpc) is 1.64. The zero-order valence-electron chi connectivity index (χ0n) is 4.87. The lowest BCUT2D eigenvalue weighted by atomic mass is 10.2. The van der Waals surface area contributed by atoms with Crippen molar-refractivity contribution in [2.24, 2.45) is 5.73 Å². The predicted molar refractivity (Wildman–Crippen MR) is 38.2 cm³/mol. The van der Waals surface area contributed by atoms with Gasteiger partial charge in [0.25, 0.3) is 0 Å². The molecule has 5 heteroatoms. The van der Waals surface area contributed by atoms with E-state index in [1.807, 2.05) is 0 Å². The normalized spacial score (nSPS) is 15.4. The minimum absolute atomic E-state index is 0. The van der Waals surface area contributed by atoms with E-state index in [2.05, 4.69) is 0 Å².